The number of nitrogens with one attached hydrogen (secondary N) is 1. The summed E-state index contributed by atoms with van der Waals surface area (Å²) in [6, 6.07) is 6.19. The standard InChI is InChI=1S/C17H24N2O2/c1-11-2-4-14-13(10-11)3-5-15(14)19-17(20)16(18)12-6-8-21-9-7-12/h2,4,10,12,15-16H,3,5-9,18H2,1H3,(H,19,20). The van der Waals surface area contributed by atoms with Crippen molar-refractivity contribution in [2.45, 2.75) is 44.7 Å². The van der Waals surface area contributed by atoms with E-state index in [2.05, 4.69) is 30.4 Å². The molecule has 0 spiro atoms. The van der Waals surface area contributed by atoms with Crippen LogP contribution in [0.1, 0.15) is 42.0 Å². The number of hydrogen-bond donors (Lipinski definition) is 2. The van der Waals surface area contributed by atoms with Crippen LogP contribution in [0, 0.1) is 12.8 Å². The van der Waals surface area contributed by atoms with Gasteiger partial charge in [-0.1, -0.05) is 23.8 Å². The maximum atomic E-state index is 12.4. The SMILES string of the molecule is Cc1ccc2c(c1)CCC2NC(=O)C(N)C1CCOCC1. The van der Waals surface area contributed by atoms with E-state index in [-0.39, 0.29) is 17.9 Å². The van der Waals surface area contributed by atoms with Crippen molar-refractivity contribution >= 4 is 5.91 Å². The van der Waals surface area contributed by atoms with Crippen molar-refractivity contribution in [2.75, 3.05) is 13.2 Å². The van der Waals surface area contributed by atoms with Crippen molar-refractivity contribution < 1.29 is 9.53 Å². The molecule has 2 unspecified atom stereocenters. The molecular weight excluding hydrogens is 264 g/mol. The summed E-state index contributed by atoms with van der Waals surface area (Å²) in [5.74, 6) is 0.234. The van der Waals surface area contributed by atoms with Gasteiger partial charge in [-0.25, -0.2) is 0 Å². The summed E-state index contributed by atoms with van der Waals surface area (Å²) in [5, 5.41) is 3.15. The molecule has 21 heavy (non-hydrogen) atoms. The Labute approximate surface area is 126 Å². The summed E-state index contributed by atoms with van der Waals surface area (Å²) in [7, 11) is 0. The van der Waals surface area contributed by atoms with E-state index < -0.39 is 6.04 Å². The Hall–Kier alpha value is -1.39. The Kier molecular flexibility index (Phi) is 4.27. The van der Waals surface area contributed by atoms with Gasteiger partial charge >= 0.3 is 0 Å². The van der Waals surface area contributed by atoms with Gasteiger partial charge in [-0.15, -0.1) is 0 Å². The van der Waals surface area contributed by atoms with Gasteiger partial charge in [-0.05, 0) is 49.7 Å². The second kappa shape index (κ2) is 6.16. The topological polar surface area (TPSA) is 64.4 Å². The van der Waals surface area contributed by atoms with E-state index in [4.69, 9.17) is 10.5 Å². The Morgan fingerprint density at radius 2 is 2.10 bits per heavy atom. The number of carbonyl (C=O) groups excluding carboxylic acids is 1. The average Bonchev–Trinajstić information content (AvgIpc) is 2.89. The molecule has 1 aliphatic carbocycles. The van der Waals surface area contributed by atoms with E-state index in [9.17, 15) is 4.79 Å². The minimum absolute atomic E-state index is 0.0136. The van der Waals surface area contributed by atoms with Crippen molar-refractivity contribution in [3.63, 3.8) is 0 Å². The molecule has 4 heteroatoms. The zero-order chi connectivity index (χ0) is 14.8. The predicted molar refractivity (Wildman–Crippen MR) is 81.9 cm³/mol. The minimum Gasteiger partial charge on any atom is -0.381 e. The van der Waals surface area contributed by atoms with Crippen molar-refractivity contribution in [2.24, 2.45) is 11.7 Å². The van der Waals surface area contributed by atoms with Crippen molar-refractivity contribution in [3.05, 3.63) is 34.9 Å². The van der Waals surface area contributed by atoms with Crippen LogP contribution in [0.4, 0.5) is 0 Å². The summed E-state index contributed by atoms with van der Waals surface area (Å²) in [6.45, 7) is 3.54. The predicted octanol–water partition coefficient (Wildman–Crippen LogP) is 1.85. The Bertz CT molecular complexity index is 524. The molecule has 1 fully saturated rings. The van der Waals surface area contributed by atoms with Gasteiger partial charge < -0.3 is 15.8 Å². The number of carbonyl (C=O) groups is 1. The van der Waals surface area contributed by atoms with E-state index >= 15 is 0 Å². The Morgan fingerprint density at radius 3 is 2.86 bits per heavy atom. The molecule has 1 aromatic rings. The van der Waals surface area contributed by atoms with Crippen LogP contribution in [-0.2, 0) is 16.0 Å². The first kappa shape index (κ1) is 14.5. The highest BCUT2D eigenvalue weighted by Gasteiger charge is 2.30. The molecule has 2 atom stereocenters. The van der Waals surface area contributed by atoms with Crippen LogP contribution >= 0.6 is 0 Å². The molecule has 114 valence electrons. The van der Waals surface area contributed by atoms with Crippen LogP contribution in [0.15, 0.2) is 18.2 Å². The minimum atomic E-state index is -0.414. The van der Waals surface area contributed by atoms with E-state index in [0.717, 1.165) is 38.9 Å². The van der Waals surface area contributed by atoms with E-state index in [1.165, 1.54) is 16.7 Å². The maximum Gasteiger partial charge on any atom is 0.237 e. The second-order valence-electron chi connectivity index (χ2n) is 6.28. The van der Waals surface area contributed by atoms with Gasteiger partial charge in [0.2, 0.25) is 5.91 Å². The third kappa shape index (κ3) is 3.11. The van der Waals surface area contributed by atoms with E-state index in [0.29, 0.717) is 0 Å². The molecule has 1 saturated heterocycles. The average molecular weight is 288 g/mol. The number of hydrogen-bond acceptors (Lipinski definition) is 3. The highest BCUT2D eigenvalue weighted by atomic mass is 16.5. The fraction of sp³-hybridized carbons (Fsp3) is 0.588. The second-order valence-corrected chi connectivity index (χ2v) is 6.28. The number of amides is 1. The van der Waals surface area contributed by atoms with Crippen LogP contribution in [0.25, 0.3) is 0 Å². The van der Waals surface area contributed by atoms with Gasteiger partial charge in [0, 0.05) is 13.2 Å². The first-order valence-electron chi connectivity index (χ1n) is 7.88. The number of ether oxygens (including phenoxy) is 1. The molecule has 2 aliphatic rings. The van der Waals surface area contributed by atoms with Gasteiger partial charge in [0.25, 0.3) is 0 Å². The normalized spacial score (nSPS) is 23.6. The number of benzene rings is 1. The lowest BCUT2D eigenvalue weighted by Gasteiger charge is -2.28. The first-order valence-corrected chi connectivity index (χ1v) is 7.88. The molecule has 4 nitrogen and oxygen atoms in total. The lowest BCUT2D eigenvalue weighted by atomic mass is 9.91. The molecular formula is C17H24N2O2. The molecule has 0 bridgehead atoms. The van der Waals surface area contributed by atoms with Crippen molar-refractivity contribution in [1.29, 1.82) is 0 Å². The number of nitrogens with two attached hydrogens (primary N) is 1. The largest absolute Gasteiger partial charge is 0.381 e. The molecule has 3 rings (SSSR count). The quantitative estimate of drug-likeness (QED) is 0.892. The number of fused-ring (bicyclic) bond motifs is 1. The fourth-order valence-electron chi connectivity index (χ4n) is 3.45. The summed E-state index contributed by atoms with van der Waals surface area (Å²) in [4.78, 5) is 12.4. The van der Waals surface area contributed by atoms with E-state index in [1.807, 2.05) is 0 Å². The van der Waals surface area contributed by atoms with Crippen molar-refractivity contribution in [1.82, 2.24) is 5.32 Å². The Morgan fingerprint density at radius 1 is 1.33 bits per heavy atom. The summed E-state index contributed by atoms with van der Waals surface area (Å²) < 4.78 is 5.33. The summed E-state index contributed by atoms with van der Waals surface area (Å²) >= 11 is 0. The number of aryl methyl sites for hydroxylation is 2. The van der Waals surface area contributed by atoms with Crippen LogP contribution in [-0.4, -0.2) is 25.2 Å². The lowest BCUT2D eigenvalue weighted by Crippen LogP contribution is -2.47. The molecule has 0 saturated carbocycles. The molecule has 1 aliphatic heterocycles. The number of rotatable bonds is 3. The molecule has 1 aromatic carbocycles. The zero-order valence-corrected chi connectivity index (χ0v) is 12.6. The van der Waals surface area contributed by atoms with Crippen LogP contribution in [0.3, 0.4) is 0 Å². The molecule has 1 amide bonds. The Balaban J connectivity index is 1.63. The van der Waals surface area contributed by atoms with Crippen LogP contribution in [0.5, 0.6) is 0 Å². The fourth-order valence-corrected chi connectivity index (χ4v) is 3.45. The molecule has 0 radical (unpaired) electrons. The molecule has 3 N–H and O–H groups in total. The van der Waals surface area contributed by atoms with Gasteiger partial charge in [-0.2, -0.15) is 0 Å². The van der Waals surface area contributed by atoms with Gasteiger partial charge in [-0.3, -0.25) is 4.79 Å². The third-order valence-electron chi connectivity index (χ3n) is 4.77. The molecule has 1 heterocycles. The van der Waals surface area contributed by atoms with Crippen molar-refractivity contribution in [3.8, 4) is 0 Å². The smallest absolute Gasteiger partial charge is 0.237 e. The van der Waals surface area contributed by atoms with Crippen LogP contribution in [0.2, 0.25) is 0 Å². The summed E-state index contributed by atoms with van der Waals surface area (Å²) in [5.41, 5.74) is 10.0. The maximum absolute atomic E-state index is 12.4. The van der Waals surface area contributed by atoms with Gasteiger partial charge in [0.05, 0.1) is 12.1 Å². The molecule has 0 aromatic heterocycles. The third-order valence-corrected chi connectivity index (χ3v) is 4.77. The van der Waals surface area contributed by atoms with Gasteiger partial charge in [0.1, 0.15) is 0 Å². The van der Waals surface area contributed by atoms with Gasteiger partial charge in [0.15, 0.2) is 0 Å². The zero-order valence-electron chi connectivity index (χ0n) is 12.6. The monoisotopic (exact) mass is 288 g/mol. The lowest BCUT2D eigenvalue weighted by molar-refractivity contribution is -0.125. The highest BCUT2D eigenvalue weighted by molar-refractivity contribution is 5.82. The van der Waals surface area contributed by atoms with E-state index in [1.54, 1.807) is 0 Å². The van der Waals surface area contributed by atoms with Crippen LogP contribution < -0.4 is 11.1 Å². The first-order chi connectivity index (χ1) is 10.1. The summed E-state index contributed by atoms with van der Waals surface area (Å²) in [6.07, 6.45) is 3.78. The highest BCUT2D eigenvalue weighted by Crippen LogP contribution is 2.32.